The third kappa shape index (κ3) is 15.1. The number of Topliss-reactive ketones (excluding diaryl/α,β-unsaturated/α-hetero) is 1. The summed E-state index contributed by atoms with van der Waals surface area (Å²) < 4.78 is 155. The average Bonchev–Trinajstić information content (AvgIpc) is 3.87. The van der Waals surface area contributed by atoms with Crippen LogP contribution in [0.5, 0.6) is 0 Å². The summed E-state index contributed by atoms with van der Waals surface area (Å²) in [6, 6.07) is 3.36. The van der Waals surface area contributed by atoms with E-state index in [4.69, 9.17) is 0 Å². The zero-order valence-electron chi connectivity index (χ0n) is 42.3. The number of piperazine rings is 1. The molecule has 0 bridgehead atoms. The van der Waals surface area contributed by atoms with E-state index in [2.05, 4.69) is 36.4 Å². The van der Waals surface area contributed by atoms with E-state index in [1.807, 2.05) is 10.7 Å². The van der Waals surface area contributed by atoms with Crippen LogP contribution in [-0.2, 0) is 36.8 Å². The number of hydrogen-bond acceptors (Lipinski definition) is 13. The van der Waals surface area contributed by atoms with Gasteiger partial charge in [-0.3, -0.25) is 19.8 Å². The zero-order chi connectivity index (χ0) is 57.4. The van der Waals surface area contributed by atoms with Gasteiger partial charge in [0.05, 0.1) is 49.0 Å². The molecule has 418 valence electrons. The van der Waals surface area contributed by atoms with Gasteiger partial charge in [-0.1, -0.05) is 24.0 Å². The highest BCUT2D eigenvalue weighted by Gasteiger charge is 2.57. The SMILES string of the molecule is COC(=O)N[C@H](C(=O)C[C@@H](Cc1ccc(C#Cc2cnc(N3CCN(C)C(=O)C3)nc2)cc1)[C@@H](O)CN(Cc1c(F)cc(-c2ccn(C(F)F)n2)cc1F)NC(=O)[C@@H](NC(=O)OC)C(C)(C)C(F)(F)F)C(C)(C)C(F)(F)F. The van der Waals surface area contributed by atoms with Crippen LogP contribution < -0.4 is 21.0 Å². The van der Waals surface area contributed by atoms with E-state index in [0.717, 1.165) is 26.5 Å². The number of hydrazine groups is 1. The number of likely N-dealkylation sites (N-methyl/N-ethyl adjacent to an activating group) is 1. The lowest BCUT2D eigenvalue weighted by molar-refractivity contribution is -0.221. The standard InChI is InChI=1S/C49H54F10N10O8/c1-46(2,48(54,55)56)39(62-44(74)76-6)36(70)21-31(18-28-11-8-27(9-12-28)10-13-29-22-60-43(61-23-29)67-17-16-66(5)38(72)26-67)37(71)25-68(65-41(73)40(63-45(75)77-7)47(3,4)49(57,58)59)24-32-33(50)19-30(20-34(32)51)35-14-15-69(64-35)42(52)53/h8-9,11-12,14-15,19-20,22-23,31,37,39-40,42,71H,16-18,21,24-26H2,1-7H3,(H,62,74)(H,63,75)(H,65,73)/t31-,37+,39-,40-/m1/s1. The van der Waals surface area contributed by atoms with Crippen molar-refractivity contribution >= 4 is 35.7 Å². The number of aliphatic hydroxyl groups is 1. The Morgan fingerprint density at radius 3 is 1.88 bits per heavy atom. The van der Waals surface area contributed by atoms with Gasteiger partial charge < -0.3 is 35.0 Å². The van der Waals surface area contributed by atoms with Gasteiger partial charge in [-0.05, 0) is 75.9 Å². The number of alkyl carbamates (subject to hydrolysis) is 2. The number of ether oxygens (including phenoxy) is 2. The number of benzene rings is 2. The minimum absolute atomic E-state index is 0.0882. The van der Waals surface area contributed by atoms with Crippen molar-refractivity contribution in [1.29, 1.82) is 0 Å². The van der Waals surface area contributed by atoms with Crippen LogP contribution in [0.15, 0.2) is 61.1 Å². The molecule has 1 fully saturated rings. The zero-order valence-corrected chi connectivity index (χ0v) is 42.3. The summed E-state index contributed by atoms with van der Waals surface area (Å²) in [4.78, 5) is 76.9. The highest BCUT2D eigenvalue weighted by Crippen LogP contribution is 2.42. The third-order valence-electron chi connectivity index (χ3n) is 12.8. The van der Waals surface area contributed by atoms with Gasteiger partial charge in [0.1, 0.15) is 23.7 Å². The van der Waals surface area contributed by atoms with Crippen molar-refractivity contribution < 1.29 is 82.5 Å². The van der Waals surface area contributed by atoms with Gasteiger partial charge >= 0.3 is 31.1 Å². The summed E-state index contributed by atoms with van der Waals surface area (Å²) >= 11 is 0. The van der Waals surface area contributed by atoms with Crippen LogP contribution >= 0.6 is 0 Å². The maximum atomic E-state index is 16.0. The van der Waals surface area contributed by atoms with Crippen LogP contribution in [0.1, 0.15) is 62.9 Å². The fraction of sp³-hybridized carbons (Fsp3) is 0.469. The summed E-state index contributed by atoms with van der Waals surface area (Å²) in [5.74, 6) is -1.40. The van der Waals surface area contributed by atoms with Crippen LogP contribution in [0, 0.1) is 40.2 Å². The number of halogens is 10. The van der Waals surface area contributed by atoms with E-state index in [-0.39, 0.29) is 28.4 Å². The molecule has 1 aliphatic rings. The molecule has 0 saturated carbocycles. The first-order valence-electron chi connectivity index (χ1n) is 23.2. The molecule has 4 N–H and O–H groups in total. The summed E-state index contributed by atoms with van der Waals surface area (Å²) in [6.07, 6.45) is -13.1. The molecule has 1 aliphatic heterocycles. The van der Waals surface area contributed by atoms with Gasteiger partial charge in [0, 0.05) is 74.9 Å². The minimum atomic E-state index is -5.23. The number of aromatic nitrogens is 4. The highest BCUT2D eigenvalue weighted by molar-refractivity contribution is 5.89. The number of nitrogens with one attached hydrogen (secondary N) is 3. The minimum Gasteiger partial charge on any atom is -0.453 e. The molecule has 3 heterocycles. The van der Waals surface area contributed by atoms with Crippen molar-refractivity contribution in [3.05, 3.63) is 94.9 Å². The molecule has 0 spiro atoms. The number of carbonyl (C=O) groups is 5. The van der Waals surface area contributed by atoms with E-state index in [9.17, 15) is 64.2 Å². The maximum Gasteiger partial charge on any atom is 0.407 e. The second kappa shape index (κ2) is 24.6. The van der Waals surface area contributed by atoms with E-state index in [1.165, 1.54) is 36.7 Å². The van der Waals surface area contributed by atoms with Crippen LogP contribution in [0.25, 0.3) is 11.3 Å². The Hall–Kier alpha value is -7.54. The summed E-state index contributed by atoms with van der Waals surface area (Å²) in [7, 11) is 3.28. The molecule has 28 heteroatoms. The molecular weight excluding hydrogens is 1050 g/mol. The quantitative estimate of drug-likeness (QED) is 0.0460. The van der Waals surface area contributed by atoms with E-state index in [1.54, 1.807) is 22.2 Å². The van der Waals surface area contributed by atoms with Crippen molar-refractivity contribution in [2.24, 2.45) is 16.7 Å². The van der Waals surface area contributed by atoms with Crippen molar-refractivity contribution in [3.8, 4) is 23.1 Å². The number of ketones is 1. The maximum absolute atomic E-state index is 16.0. The molecule has 1 saturated heterocycles. The van der Waals surface area contributed by atoms with Crippen LogP contribution in [0.2, 0.25) is 0 Å². The lowest BCUT2D eigenvalue weighted by Crippen LogP contribution is -2.62. The summed E-state index contributed by atoms with van der Waals surface area (Å²) in [5, 5.41) is 19.8. The Bertz CT molecular complexity index is 2800. The molecule has 5 rings (SSSR count). The smallest absolute Gasteiger partial charge is 0.407 e. The molecule has 0 unspecified atom stereocenters. The molecule has 4 atom stereocenters. The second-order valence-corrected chi connectivity index (χ2v) is 19.0. The van der Waals surface area contributed by atoms with Crippen molar-refractivity contribution in [3.63, 3.8) is 0 Å². The number of carbonyl (C=O) groups excluding carboxylic acids is 5. The first-order valence-corrected chi connectivity index (χ1v) is 23.2. The molecule has 77 heavy (non-hydrogen) atoms. The molecule has 2 aromatic heterocycles. The molecule has 4 amide bonds. The summed E-state index contributed by atoms with van der Waals surface area (Å²) in [5.41, 5.74) is -4.60. The number of anilines is 1. The Kier molecular flexibility index (Phi) is 19.3. The number of rotatable bonds is 19. The van der Waals surface area contributed by atoms with Gasteiger partial charge in [-0.2, -0.15) is 40.2 Å². The molecule has 4 aromatic rings. The van der Waals surface area contributed by atoms with Gasteiger partial charge in [-0.15, -0.1) is 0 Å². The Balaban J connectivity index is 1.53. The molecule has 0 aliphatic carbocycles. The van der Waals surface area contributed by atoms with Gasteiger partial charge in [-0.25, -0.2) is 38.0 Å². The number of amides is 4. The highest BCUT2D eigenvalue weighted by atomic mass is 19.4. The number of alkyl halides is 8. The first kappa shape index (κ1) is 60.3. The molecule has 18 nitrogen and oxygen atoms in total. The van der Waals surface area contributed by atoms with Crippen LogP contribution in [0.4, 0.5) is 59.4 Å². The topological polar surface area (TPSA) is 213 Å². The monoisotopic (exact) mass is 1100 g/mol. The second-order valence-electron chi connectivity index (χ2n) is 19.0. The molecular formula is C49H54F10N10O8. The van der Waals surface area contributed by atoms with Crippen LogP contribution in [-0.4, -0.2) is 143 Å². The Morgan fingerprint density at radius 2 is 1.36 bits per heavy atom. The third-order valence-corrected chi connectivity index (χ3v) is 12.8. The fourth-order valence-electron chi connectivity index (χ4n) is 7.73. The van der Waals surface area contributed by atoms with Crippen LogP contribution in [0.3, 0.4) is 0 Å². The predicted octanol–water partition coefficient (Wildman–Crippen LogP) is 6.33. The van der Waals surface area contributed by atoms with Gasteiger partial charge in [0.15, 0.2) is 5.78 Å². The van der Waals surface area contributed by atoms with Gasteiger partial charge in [0.2, 0.25) is 11.9 Å². The van der Waals surface area contributed by atoms with Gasteiger partial charge in [0.25, 0.3) is 5.91 Å². The van der Waals surface area contributed by atoms with Crippen molar-refractivity contribution in [2.75, 3.05) is 52.3 Å². The lowest BCUT2D eigenvalue weighted by atomic mass is 9.77. The van der Waals surface area contributed by atoms with E-state index in [0.29, 0.717) is 80.6 Å². The molecule has 0 radical (unpaired) electrons. The normalized spacial score (nSPS) is 15.0. The first-order chi connectivity index (χ1) is 35.9. The van der Waals surface area contributed by atoms with Crippen molar-refractivity contribution in [1.82, 2.24) is 45.7 Å². The van der Waals surface area contributed by atoms with Crippen molar-refractivity contribution in [2.45, 2.75) is 84.2 Å². The predicted molar refractivity (Wildman–Crippen MR) is 253 cm³/mol. The average molecular weight is 1100 g/mol. The number of hydrogen-bond donors (Lipinski definition) is 4. The lowest BCUT2D eigenvalue weighted by Gasteiger charge is -2.38. The number of aliphatic hydroxyl groups excluding tert-OH is 1. The number of nitrogens with zero attached hydrogens (tertiary/aromatic N) is 7. The number of methoxy groups -OCH3 is 2. The Labute approximate surface area is 434 Å². The Morgan fingerprint density at radius 1 is 0.818 bits per heavy atom. The van der Waals surface area contributed by atoms with E-state index < -0.39 is 121 Å². The molecule has 2 aromatic carbocycles. The largest absolute Gasteiger partial charge is 0.453 e. The fourth-order valence-corrected chi connectivity index (χ4v) is 7.73. The van der Waals surface area contributed by atoms with E-state index >= 15 is 8.78 Å². The summed E-state index contributed by atoms with van der Waals surface area (Å²) in [6.45, 7) is -1.97.